The van der Waals surface area contributed by atoms with Crippen LogP contribution in [0.4, 0.5) is 5.69 Å². The number of aromatic nitrogens is 2. The molecule has 1 aromatic rings. The van der Waals surface area contributed by atoms with Gasteiger partial charge in [0, 0.05) is 19.0 Å². The Balaban J connectivity index is 2.52. The van der Waals surface area contributed by atoms with Gasteiger partial charge in [-0.1, -0.05) is 20.8 Å². The molecule has 0 bridgehead atoms. The van der Waals surface area contributed by atoms with Crippen molar-refractivity contribution in [2.45, 2.75) is 39.0 Å². The number of nitrogens with one attached hydrogen (secondary N) is 1. The first-order valence-corrected chi connectivity index (χ1v) is 5.30. The van der Waals surface area contributed by atoms with E-state index in [1.54, 1.807) is 0 Å². The smallest absolute Gasteiger partial charge is 0.0912 e. The van der Waals surface area contributed by atoms with Gasteiger partial charge < -0.3 is 5.32 Å². The maximum atomic E-state index is 4.62. The van der Waals surface area contributed by atoms with Crippen LogP contribution in [0.25, 0.3) is 0 Å². The van der Waals surface area contributed by atoms with Crippen LogP contribution in [0.2, 0.25) is 0 Å². The monoisotopic (exact) mass is 193 g/mol. The highest BCUT2D eigenvalue weighted by atomic mass is 15.3. The standard InChI is InChI=1S/C11H19N3/c1-11(2,3)10-9-8(14(4)13-10)6-5-7-12-9/h12H,5-7H2,1-4H3. The Labute approximate surface area is 85.5 Å². The molecule has 1 N–H and O–H groups in total. The number of rotatable bonds is 0. The molecule has 0 aromatic carbocycles. The maximum Gasteiger partial charge on any atom is 0.0912 e. The molecule has 3 nitrogen and oxygen atoms in total. The molecule has 2 rings (SSSR count). The first-order valence-electron chi connectivity index (χ1n) is 5.30. The molecule has 0 unspecified atom stereocenters. The predicted molar refractivity (Wildman–Crippen MR) is 58.7 cm³/mol. The zero-order chi connectivity index (χ0) is 10.3. The van der Waals surface area contributed by atoms with Gasteiger partial charge in [-0.25, -0.2) is 0 Å². The molecule has 1 aliphatic heterocycles. The summed E-state index contributed by atoms with van der Waals surface area (Å²) in [4.78, 5) is 0. The quantitative estimate of drug-likeness (QED) is 0.683. The molecule has 0 radical (unpaired) electrons. The molecule has 0 saturated carbocycles. The molecule has 0 fully saturated rings. The Kier molecular flexibility index (Phi) is 2.05. The minimum absolute atomic E-state index is 0.135. The fourth-order valence-corrected chi connectivity index (χ4v) is 2.03. The van der Waals surface area contributed by atoms with Crippen molar-refractivity contribution < 1.29 is 0 Å². The van der Waals surface area contributed by atoms with E-state index in [-0.39, 0.29) is 5.41 Å². The summed E-state index contributed by atoms with van der Waals surface area (Å²) in [6.07, 6.45) is 2.37. The third-order valence-corrected chi connectivity index (χ3v) is 2.77. The van der Waals surface area contributed by atoms with E-state index in [1.807, 2.05) is 11.7 Å². The molecule has 3 heteroatoms. The summed E-state index contributed by atoms with van der Waals surface area (Å²) in [6, 6.07) is 0. The molecule has 1 aromatic heterocycles. The second-order valence-electron chi connectivity index (χ2n) is 5.07. The topological polar surface area (TPSA) is 29.9 Å². The fraction of sp³-hybridized carbons (Fsp3) is 0.727. The van der Waals surface area contributed by atoms with E-state index in [0.29, 0.717) is 0 Å². The summed E-state index contributed by atoms with van der Waals surface area (Å²) in [6.45, 7) is 7.73. The first-order chi connectivity index (χ1) is 6.50. The largest absolute Gasteiger partial charge is 0.382 e. The van der Waals surface area contributed by atoms with Gasteiger partial charge in [-0.15, -0.1) is 0 Å². The minimum Gasteiger partial charge on any atom is -0.382 e. The van der Waals surface area contributed by atoms with Crippen molar-refractivity contribution in [3.8, 4) is 0 Å². The Bertz CT molecular complexity index is 344. The average molecular weight is 193 g/mol. The third-order valence-electron chi connectivity index (χ3n) is 2.77. The van der Waals surface area contributed by atoms with Crippen molar-refractivity contribution in [3.63, 3.8) is 0 Å². The lowest BCUT2D eigenvalue weighted by Crippen LogP contribution is -2.18. The van der Waals surface area contributed by atoms with Crippen molar-refractivity contribution in [2.75, 3.05) is 11.9 Å². The molecular formula is C11H19N3. The SMILES string of the molecule is Cn1nc(C(C)(C)C)c2c1CCCN2. The lowest BCUT2D eigenvalue weighted by atomic mass is 9.90. The molecule has 78 valence electrons. The highest BCUT2D eigenvalue weighted by molar-refractivity contribution is 5.56. The van der Waals surface area contributed by atoms with Crippen LogP contribution in [0.1, 0.15) is 38.6 Å². The van der Waals surface area contributed by atoms with Crippen molar-refractivity contribution >= 4 is 5.69 Å². The number of anilines is 1. The Hall–Kier alpha value is -0.990. The summed E-state index contributed by atoms with van der Waals surface area (Å²) < 4.78 is 2.03. The van der Waals surface area contributed by atoms with Crippen molar-refractivity contribution in [2.24, 2.45) is 7.05 Å². The van der Waals surface area contributed by atoms with Crippen LogP contribution in [0.15, 0.2) is 0 Å². The van der Waals surface area contributed by atoms with Crippen molar-refractivity contribution in [1.82, 2.24) is 9.78 Å². The van der Waals surface area contributed by atoms with Gasteiger partial charge >= 0.3 is 0 Å². The van der Waals surface area contributed by atoms with E-state index in [2.05, 4.69) is 31.2 Å². The van der Waals surface area contributed by atoms with Gasteiger partial charge in [-0.2, -0.15) is 5.10 Å². The minimum atomic E-state index is 0.135. The lowest BCUT2D eigenvalue weighted by molar-refractivity contribution is 0.553. The molecular weight excluding hydrogens is 174 g/mol. The Morgan fingerprint density at radius 1 is 1.36 bits per heavy atom. The molecule has 1 aliphatic rings. The number of hydrogen-bond acceptors (Lipinski definition) is 2. The van der Waals surface area contributed by atoms with Crippen molar-refractivity contribution in [1.29, 1.82) is 0 Å². The molecule has 0 saturated heterocycles. The Morgan fingerprint density at radius 3 is 2.71 bits per heavy atom. The normalized spacial score (nSPS) is 16.3. The zero-order valence-electron chi connectivity index (χ0n) is 9.52. The van der Waals surface area contributed by atoms with Gasteiger partial charge in [0.2, 0.25) is 0 Å². The van der Waals surface area contributed by atoms with Gasteiger partial charge in [0.1, 0.15) is 0 Å². The van der Waals surface area contributed by atoms with Crippen LogP contribution in [-0.2, 0) is 18.9 Å². The summed E-state index contributed by atoms with van der Waals surface area (Å²) in [7, 11) is 2.04. The van der Waals surface area contributed by atoms with Gasteiger partial charge in [-0.05, 0) is 12.8 Å². The van der Waals surface area contributed by atoms with Crippen LogP contribution in [0.3, 0.4) is 0 Å². The maximum absolute atomic E-state index is 4.62. The lowest BCUT2D eigenvalue weighted by Gasteiger charge is -2.21. The van der Waals surface area contributed by atoms with E-state index in [1.165, 1.54) is 23.5 Å². The fourth-order valence-electron chi connectivity index (χ4n) is 2.03. The molecule has 0 spiro atoms. The van der Waals surface area contributed by atoms with Gasteiger partial charge in [0.15, 0.2) is 0 Å². The van der Waals surface area contributed by atoms with Gasteiger partial charge in [-0.3, -0.25) is 4.68 Å². The molecule has 2 heterocycles. The molecule has 0 amide bonds. The molecule has 0 aliphatic carbocycles. The highest BCUT2D eigenvalue weighted by Crippen LogP contribution is 2.33. The van der Waals surface area contributed by atoms with E-state index in [4.69, 9.17) is 0 Å². The van der Waals surface area contributed by atoms with Crippen LogP contribution in [-0.4, -0.2) is 16.3 Å². The first kappa shape index (κ1) is 9.56. The average Bonchev–Trinajstić information content (AvgIpc) is 2.44. The van der Waals surface area contributed by atoms with Crippen LogP contribution in [0, 0.1) is 0 Å². The predicted octanol–water partition coefficient (Wildman–Crippen LogP) is 2.08. The van der Waals surface area contributed by atoms with Crippen LogP contribution >= 0.6 is 0 Å². The van der Waals surface area contributed by atoms with E-state index in [0.717, 1.165) is 13.0 Å². The van der Waals surface area contributed by atoms with Gasteiger partial charge in [0.25, 0.3) is 0 Å². The summed E-state index contributed by atoms with van der Waals surface area (Å²) in [5, 5.41) is 8.09. The van der Waals surface area contributed by atoms with E-state index >= 15 is 0 Å². The number of aryl methyl sites for hydroxylation is 1. The van der Waals surface area contributed by atoms with E-state index in [9.17, 15) is 0 Å². The number of nitrogens with zero attached hydrogens (tertiary/aromatic N) is 2. The second kappa shape index (κ2) is 3.01. The van der Waals surface area contributed by atoms with Crippen LogP contribution in [0.5, 0.6) is 0 Å². The summed E-state index contributed by atoms with van der Waals surface area (Å²) >= 11 is 0. The highest BCUT2D eigenvalue weighted by Gasteiger charge is 2.26. The zero-order valence-corrected chi connectivity index (χ0v) is 9.52. The van der Waals surface area contributed by atoms with Crippen LogP contribution < -0.4 is 5.32 Å². The third kappa shape index (κ3) is 1.41. The number of fused-ring (bicyclic) bond motifs is 1. The Morgan fingerprint density at radius 2 is 2.07 bits per heavy atom. The number of hydrogen-bond donors (Lipinski definition) is 1. The summed E-state index contributed by atoms with van der Waals surface area (Å²) in [5.41, 5.74) is 3.98. The van der Waals surface area contributed by atoms with Gasteiger partial charge in [0.05, 0.1) is 17.1 Å². The van der Waals surface area contributed by atoms with Crippen molar-refractivity contribution in [3.05, 3.63) is 11.4 Å². The van der Waals surface area contributed by atoms with E-state index < -0.39 is 0 Å². The second-order valence-corrected chi connectivity index (χ2v) is 5.07. The summed E-state index contributed by atoms with van der Waals surface area (Å²) in [5.74, 6) is 0. The molecule has 0 atom stereocenters. The molecule has 14 heavy (non-hydrogen) atoms.